The van der Waals surface area contributed by atoms with Crippen LogP contribution in [0.15, 0.2) is 0 Å². The van der Waals surface area contributed by atoms with Gasteiger partial charge in [0.2, 0.25) is 0 Å². The first-order chi connectivity index (χ1) is 7.91. The summed E-state index contributed by atoms with van der Waals surface area (Å²) in [6, 6.07) is 0.213. The second-order valence-electron chi connectivity index (χ2n) is 5.92. The lowest BCUT2D eigenvalue weighted by atomic mass is 9.61. The van der Waals surface area contributed by atoms with Gasteiger partial charge in [-0.3, -0.25) is 4.79 Å². The summed E-state index contributed by atoms with van der Waals surface area (Å²) in [6.45, 7) is 9.09. The highest BCUT2D eigenvalue weighted by molar-refractivity contribution is 5.73. The van der Waals surface area contributed by atoms with Crippen molar-refractivity contribution in [3.8, 4) is 0 Å². The van der Waals surface area contributed by atoms with E-state index in [0.29, 0.717) is 12.5 Å². The number of hydrogen-bond donors (Lipinski definition) is 1. The molecule has 1 rings (SSSR count). The van der Waals surface area contributed by atoms with Crippen LogP contribution in [0.4, 0.5) is 0 Å². The highest BCUT2D eigenvalue weighted by Crippen LogP contribution is 2.44. The number of unbranched alkanes of at least 4 members (excludes halogenated alkanes) is 1. The first-order valence-corrected chi connectivity index (χ1v) is 6.83. The monoisotopic (exact) mass is 241 g/mol. The van der Waals surface area contributed by atoms with E-state index in [1.54, 1.807) is 0 Å². The summed E-state index contributed by atoms with van der Waals surface area (Å²) in [6.07, 6.45) is 3.80. The third-order valence-electron chi connectivity index (χ3n) is 4.53. The molecule has 1 fully saturated rings. The quantitative estimate of drug-likeness (QED) is 0.608. The third-order valence-corrected chi connectivity index (χ3v) is 4.53. The summed E-state index contributed by atoms with van der Waals surface area (Å²) >= 11 is 0. The molecule has 100 valence electrons. The molecule has 3 heteroatoms. The van der Waals surface area contributed by atoms with Crippen LogP contribution in [-0.4, -0.2) is 18.6 Å². The van der Waals surface area contributed by atoms with Crippen LogP contribution in [0.1, 0.15) is 53.4 Å². The Labute approximate surface area is 105 Å². The van der Waals surface area contributed by atoms with Gasteiger partial charge in [-0.15, -0.1) is 0 Å². The molecule has 0 saturated heterocycles. The highest BCUT2D eigenvalue weighted by atomic mass is 16.5. The molecule has 3 unspecified atom stereocenters. The zero-order valence-electron chi connectivity index (χ0n) is 11.7. The third kappa shape index (κ3) is 3.21. The van der Waals surface area contributed by atoms with E-state index in [-0.39, 0.29) is 23.3 Å². The van der Waals surface area contributed by atoms with Crippen molar-refractivity contribution < 1.29 is 9.53 Å². The molecule has 1 aliphatic rings. The Bertz CT molecular complexity index is 263. The topological polar surface area (TPSA) is 52.3 Å². The van der Waals surface area contributed by atoms with Gasteiger partial charge in [0.1, 0.15) is 0 Å². The smallest absolute Gasteiger partial charge is 0.309 e. The molecule has 0 radical (unpaired) electrons. The summed E-state index contributed by atoms with van der Waals surface area (Å²) < 4.78 is 5.36. The molecule has 0 aromatic rings. The van der Waals surface area contributed by atoms with Crippen molar-refractivity contribution in [3.05, 3.63) is 0 Å². The number of carbonyl (C=O) groups excluding carboxylic acids is 1. The van der Waals surface area contributed by atoms with E-state index in [0.717, 1.165) is 25.7 Å². The molecule has 3 nitrogen and oxygen atoms in total. The minimum atomic E-state index is -0.0546. The van der Waals surface area contributed by atoms with E-state index in [9.17, 15) is 4.79 Å². The highest BCUT2D eigenvalue weighted by Gasteiger charge is 2.45. The summed E-state index contributed by atoms with van der Waals surface area (Å²) in [7, 11) is 0. The van der Waals surface area contributed by atoms with Crippen LogP contribution >= 0.6 is 0 Å². The number of hydrogen-bond acceptors (Lipinski definition) is 3. The normalized spacial score (nSPS) is 32.2. The van der Waals surface area contributed by atoms with Gasteiger partial charge in [0.05, 0.1) is 12.5 Å². The Hall–Kier alpha value is -0.570. The van der Waals surface area contributed by atoms with E-state index in [1.807, 2.05) is 0 Å². The van der Waals surface area contributed by atoms with E-state index in [1.165, 1.54) is 0 Å². The second-order valence-corrected chi connectivity index (χ2v) is 5.92. The van der Waals surface area contributed by atoms with Crippen LogP contribution in [0.25, 0.3) is 0 Å². The zero-order chi connectivity index (χ0) is 13.1. The molecular weight excluding hydrogens is 214 g/mol. The van der Waals surface area contributed by atoms with Crippen LogP contribution < -0.4 is 5.73 Å². The molecule has 3 atom stereocenters. The van der Waals surface area contributed by atoms with Crippen LogP contribution in [0.5, 0.6) is 0 Å². The molecule has 0 spiro atoms. The van der Waals surface area contributed by atoms with Gasteiger partial charge >= 0.3 is 5.97 Å². The van der Waals surface area contributed by atoms with Crippen molar-refractivity contribution in [1.82, 2.24) is 0 Å². The lowest BCUT2D eigenvalue weighted by molar-refractivity contribution is -0.157. The molecule has 0 aromatic carbocycles. The molecule has 0 heterocycles. The first kappa shape index (κ1) is 14.5. The zero-order valence-corrected chi connectivity index (χ0v) is 11.7. The second kappa shape index (κ2) is 5.85. The fourth-order valence-electron chi connectivity index (χ4n) is 2.69. The maximum Gasteiger partial charge on any atom is 0.309 e. The fraction of sp³-hybridized carbons (Fsp3) is 0.929. The van der Waals surface area contributed by atoms with Crippen molar-refractivity contribution in [2.75, 3.05) is 6.61 Å². The van der Waals surface area contributed by atoms with E-state index in [2.05, 4.69) is 27.7 Å². The predicted octanol–water partition coefficient (Wildman–Crippen LogP) is 2.73. The lowest BCUT2D eigenvalue weighted by Gasteiger charge is -2.45. The Morgan fingerprint density at radius 3 is 2.65 bits per heavy atom. The molecule has 0 aromatic heterocycles. The van der Waals surface area contributed by atoms with Gasteiger partial charge in [0.15, 0.2) is 0 Å². The predicted molar refractivity (Wildman–Crippen MR) is 69.5 cm³/mol. The minimum absolute atomic E-state index is 0.00848. The number of rotatable bonds is 4. The Kier molecular flexibility index (Phi) is 4.99. The number of esters is 1. The molecule has 17 heavy (non-hydrogen) atoms. The number of carbonyl (C=O) groups is 1. The Balaban J connectivity index is 2.60. The Morgan fingerprint density at radius 2 is 2.06 bits per heavy atom. The number of nitrogens with two attached hydrogens (primary N) is 1. The van der Waals surface area contributed by atoms with Gasteiger partial charge in [-0.2, -0.15) is 0 Å². The maximum atomic E-state index is 12.1. The van der Waals surface area contributed by atoms with Gasteiger partial charge in [-0.1, -0.05) is 34.1 Å². The number of ether oxygens (including phenoxy) is 1. The molecule has 0 bridgehead atoms. The van der Waals surface area contributed by atoms with Gasteiger partial charge in [0.25, 0.3) is 0 Å². The summed E-state index contributed by atoms with van der Waals surface area (Å²) in [5, 5.41) is 0. The van der Waals surface area contributed by atoms with Crippen molar-refractivity contribution in [1.29, 1.82) is 0 Å². The summed E-state index contributed by atoms with van der Waals surface area (Å²) in [5.74, 6) is 0.344. The SMILES string of the molecule is CCCCOC(=O)C1CCC(N)C(C)C1(C)C. The maximum absolute atomic E-state index is 12.1. The van der Waals surface area contributed by atoms with Gasteiger partial charge in [-0.25, -0.2) is 0 Å². The van der Waals surface area contributed by atoms with Crippen LogP contribution in [0, 0.1) is 17.3 Å². The van der Waals surface area contributed by atoms with Crippen molar-refractivity contribution in [2.24, 2.45) is 23.0 Å². The minimum Gasteiger partial charge on any atom is -0.465 e. The van der Waals surface area contributed by atoms with Crippen molar-refractivity contribution in [3.63, 3.8) is 0 Å². The van der Waals surface area contributed by atoms with E-state index in [4.69, 9.17) is 10.5 Å². The largest absolute Gasteiger partial charge is 0.465 e. The van der Waals surface area contributed by atoms with Crippen LogP contribution in [0.3, 0.4) is 0 Å². The molecule has 0 aliphatic heterocycles. The van der Waals surface area contributed by atoms with E-state index >= 15 is 0 Å². The van der Waals surface area contributed by atoms with Crippen molar-refractivity contribution in [2.45, 2.75) is 59.4 Å². The first-order valence-electron chi connectivity index (χ1n) is 6.83. The molecule has 1 saturated carbocycles. The molecule has 1 aliphatic carbocycles. The lowest BCUT2D eigenvalue weighted by Crippen LogP contribution is -2.49. The summed E-state index contributed by atoms with van der Waals surface area (Å²) in [5.41, 5.74) is 6.03. The standard InChI is InChI=1S/C14H27NO2/c1-5-6-9-17-13(16)11-7-8-12(15)10(2)14(11,3)4/h10-12H,5-9,15H2,1-4H3. The van der Waals surface area contributed by atoms with Crippen LogP contribution in [-0.2, 0) is 9.53 Å². The molecule has 2 N–H and O–H groups in total. The Morgan fingerprint density at radius 1 is 1.41 bits per heavy atom. The average Bonchev–Trinajstić information content (AvgIpc) is 2.26. The molecular formula is C14H27NO2. The van der Waals surface area contributed by atoms with Crippen molar-refractivity contribution >= 4 is 5.97 Å². The van der Waals surface area contributed by atoms with Gasteiger partial charge < -0.3 is 10.5 Å². The van der Waals surface area contributed by atoms with Crippen LogP contribution in [0.2, 0.25) is 0 Å². The summed E-state index contributed by atoms with van der Waals surface area (Å²) in [4.78, 5) is 12.1. The fourth-order valence-corrected chi connectivity index (χ4v) is 2.69. The van der Waals surface area contributed by atoms with Gasteiger partial charge in [0, 0.05) is 6.04 Å². The average molecular weight is 241 g/mol. The molecule has 0 amide bonds. The van der Waals surface area contributed by atoms with Gasteiger partial charge in [-0.05, 0) is 30.6 Å². The van der Waals surface area contributed by atoms with E-state index < -0.39 is 0 Å².